The van der Waals surface area contributed by atoms with Crippen molar-refractivity contribution in [1.29, 1.82) is 0 Å². The second kappa shape index (κ2) is 5.21. The van der Waals surface area contributed by atoms with E-state index in [0.29, 0.717) is 16.8 Å². The molecule has 0 amide bonds. The Labute approximate surface area is 127 Å². The average Bonchev–Trinajstić information content (AvgIpc) is 2.63. The van der Waals surface area contributed by atoms with Gasteiger partial charge in [0.2, 0.25) is 0 Å². The number of hydrogen-bond donors (Lipinski definition) is 1. The van der Waals surface area contributed by atoms with Crippen LogP contribution < -0.4 is 5.73 Å². The van der Waals surface area contributed by atoms with Crippen LogP contribution in [-0.4, -0.2) is 5.78 Å². The maximum absolute atomic E-state index is 12.3. The highest BCUT2D eigenvalue weighted by Gasteiger charge is 2.17. The third-order valence-corrected chi connectivity index (χ3v) is 4.82. The molecule has 94 valence electrons. The monoisotopic (exact) mass is 363 g/mol. The first-order valence-corrected chi connectivity index (χ1v) is 7.32. The molecule has 0 saturated carbocycles. The van der Waals surface area contributed by atoms with Gasteiger partial charge in [0.25, 0.3) is 0 Å². The molecular weight excluding hydrogens is 357 g/mol. The Kier molecular flexibility index (Phi) is 4.02. The Morgan fingerprint density at radius 1 is 1.33 bits per heavy atom. The van der Waals surface area contributed by atoms with E-state index < -0.39 is 0 Å². The van der Waals surface area contributed by atoms with Crippen molar-refractivity contribution >= 4 is 61.9 Å². The smallest absolute Gasteiger partial charge is 0.194 e. The number of ketones is 1. The van der Waals surface area contributed by atoms with Crippen LogP contribution in [0.5, 0.6) is 0 Å². The van der Waals surface area contributed by atoms with Gasteiger partial charge in [-0.2, -0.15) is 0 Å². The van der Waals surface area contributed by atoms with Crippen LogP contribution >= 0.6 is 50.5 Å². The van der Waals surface area contributed by atoms with E-state index in [1.165, 1.54) is 17.4 Å². The number of carbonyl (C=O) groups excluding carboxylic acids is 1. The van der Waals surface area contributed by atoms with Gasteiger partial charge in [-0.05, 0) is 41.1 Å². The summed E-state index contributed by atoms with van der Waals surface area (Å²) in [5.41, 5.74) is 7.09. The summed E-state index contributed by atoms with van der Waals surface area (Å²) < 4.78 is 0.913. The van der Waals surface area contributed by atoms with Crippen molar-refractivity contribution < 1.29 is 4.79 Å². The molecule has 1 aromatic heterocycles. The number of carbonyl (C=O) groups is 1. The van der Waals surface area contributed by atoms with Gasteiger partial charge in [-0.1, -0.05) is 23.2 Å². The maximum atomic E-state index is 12.3. The topological polar surface area (TPSA) is 43.1 Å². The van der Waals surface area contributed by atoms with Gasteiger partial charge in [-0.15, -0.1) is 11.3 Å². The zero-order chi connectivity index (χ0) is 13.4. The summed E-state index contributed by atoms with van der Waals surface area (Å²) in [6.45, 7) is 1.89. The van der Waals surface area contributed by atoms with Crippen molar-refractivity contribution in [3.63, 3.8) is 0 Å². The molecule has 0 bridgehead atoms. The highest BCUT2D eigenvalue weighted by atomic mass is 79.9. The first-order valence-electron chi connectivity index (χ1n) is 4.95. The molecule has 0 unspecified atom stereocenters. The number of hydrogen-bond acceptors (Lipinski definition) is 3. The van der Waals surface area contributed by atoms with E-state index in [2.05, 4.69) is 15.9 Å². The summed E-state index contributed by atoms with van der Waals surface area (Å²) in [4.78, 5) is 13.3. The van der Waals surface area contributed by atoms with Gasteiger partial charge in [0.1, 0.15) is 0 Å². The number of rotatable bonds is 2. The van der Waals surface area contributed by atoms with E-state index >= 15 is 0 Å². The Bertz CT molecular complexity index is 616. The molecule has 6 heteroatoms. The molecular formula is C12H8BrCl2NOS. The fraction of sp³-hybridized carbons (Fsp3) is 0.0833. The number of nitrogen functional groups attached to an aromatic ring is 1. The molecule has 0 atom stereocenters. The van der Waals surface area contributed by atoms with Crippen molar-refractivity contribution in [2.24, 2.45) is 0 Å². The molecule has 0 aliphatic rings. The lowest BCUT2D eigenvalue weighted by molar-refractivity contribution is 0.103. The second-order valence-corrected chi connectivity index (χ2v) is 7.13. The van der Waals surface area contributed by atoms with Gasteiger partial charge >= 0.3 is 0 Å². The summed E-state index contributed by atoms with van der Waals surface area (Å²) in [6, 6.07) is 4.87. The van der Waals surface area contributed by atoms with Gasteiger partial charge in [0.05, 0.1) is 19.5 Å². The number of anilines is 1. The summed E-state index contributed by atoms with van der Waals surface area (Å²) >= 11 is 16.7. The minimum atomic E-state index is -0.111. The molecule has 18 heavy (non-hydrogen) atoms. The second-order valence-electron chi connectivity index (χ2n) is 3.71. The summed E-state index contributed by atoms with van der Waals surface area (Å²) in [5, 5.41) is 0.559. The lowest BCUT2D eigenvalue weighted by Crippen LogP contribution is -2.03. The van der Waals surface area contributed by atoms with E-state index in [-0.39, 0.29) is 15.8 Å². The van der Waals surface area contributed by atoms with Gasteiger partial charge in [0, 0.05) is 16.0 Å². The van der Waals surface area contributed by atoms with E-state index in [1.807, 2.05) is 6.92 Å². The van der Waals surface area contributed by atoms with Crippen molar-refractivity contribution in [3.8, 4) is 0 Å². The standard InChI is InChI=1S/C12H8BrCl2NOS/c1-5-7(4-10(13)18-5)12(17)6-2-8(14)11(15)9(16)3-6/h2-4H,16H2,1H3. The predicted molar refractivity (Wildman–Crippen MR) is 81.1 cm³/mol. The number of thiophene rings is 1. The van der Waals surface area contributed by atoms with Gasteiger partial charge in [0.15, 0.2) is 5.78 Å². The molecule has 1 heterocycles. The largest absolute Gasteiger partial charge is 0.397 e. The van der Waals surface area contributed by atoms with Gasteiger partial charge in [-0.3, -0.25) is 4.79 Å². The number of nitrogens with two attached hydrogens (primary N) is 1. The van der Waals surface area contributed by atoms with Crippen LogP contribution in [0.4, 0.5) is 5.69 Å². The van der Waals surface area contributed by atoms with Crippen LogP contribution in [0.25, 0.3) is 0 Å². The van der Waals surface area contributed by atoms with Gasteiger partial charge < -0.3 is 5.73 Å². The van der Waals surface area contributed by atoms with Crippen LogP contribution in [-0.2, 0) is 0 Å². The minimum absolute atomic E-state index is 0.111. The number of benzene rings is 1. The Morgan fingerprint density at radius 2 is 2.00 bits per heavy atom. The quantitative estimate of drug-likeness (QED) is 0.605. The van der Waals surface area contributed by atoms with Crippen LogP contribution in [0.2, 0.25) is 10.0 Å². The predicted octanol–water partition coefficient (Wildman–Crippen LogP) is 4.94. The van der Waals surface area contributed by atoms with Gasteiger partial charge in [-0.25, -0.2) is 0 Å². The molecule has 0 fully saturated rings. The number of aryl methyl sites for hydroxylation is 1. The highest BCUT2D eigenvalue weighted by molar-refractivity contribution is 9.11. The first-order chi connectivity index (χ1) is 8.40. The van der Waals surface area contributed by atoms with Crippen LogP contribution in [0.3, 0.4) is 0 Å². The molecule has 0 saturated heterocycles. The first kappa shape index (κ1) is 13.9. The highest BCUT2D eigenvalue weighted by Crippen LogP contribution is 2.32. The van der Waals surface area contributed by atoms with Crippen molar-refractivity contribution in [2.75, 3.05) is 5.73 Å². The van der Waals surface area contributed by atoms with E-state index in [9.17, 15) is 4.79 Å². The molecule has 2 N–H and O–H groups in total. The molecule has 2 nitrogen and oxygen atoms in total. The van der Waals surface area contributed by atoms with E-state index in [1.54, 1.807) is 12.1 Å². The molecule has 0 radical (unpaired) electrons. The molecule has 0 aliphatic heterocycles. The minimum Gasteiger partial charge on any atom is -0.397 e. The zero-order valence-electron chi connectivity index (χ0n) is 9.26. The lowest BCUT2D eigenvalue weighted by atomic mass is 10.0. The summed E-state index contributed by atoms with van der Waals surface area (Å²) in [5.74, 6) is -0.111. The molecule has 2 aromatic rings. The molecule has 2 rings (SSSR count). The lowest BCUT2D eigenvalue weighted by Gasteiger charge is -2.05. The van der Waals surface area contributed by atoms with E-state index in [0.717, 1.165) is 8.66 Å². The van der Waals surface area contributed by atoms with Crippen LogP contribution in [0.15, 0.2) is 22.0 Å². The molecule has 0 aliphatic carbocycles. The van der Waals surface area contributed by atoms with E-state index in [4.69, 9.17) is 28.9 Å². The summed E-state index contributed by atoms with van der Waals surface area (Å²) in [6.07, 6.45) is 0. The Balaban J connectivity index is 2.50. The zero-order valence-corrected chi connectivity index (χ0v) is 13.2. The molecule has 0 spiro atoms. The van der Waals surface area contributed by atoms with Crippen molar-refractivity contribution in [2.45, 2.75) is 6.92 Å². The van der Waals surface area contributed by atoms with Crippen molar-refractivity contribution in [3.05, 3.63) is 48.0 Å². The SMILES string of the molecule is Cc1sc(Br)cc1C(=O)c1cc(N)c(Cl)c(Cl)c1. The average molecular weight is 365 g/mol. The fourth-order valence-electron chi connectivity index (χ4n) is 1.57. The molecule has 1 aromatic carbocycles. The van der Waals surface area contributed by atoms with Crippen LogP contribution in [0.1, 0.15) is 20.8 Å². The Hall–Kier alpha value is -0.550. The fourth-order valence-corrected chi connectivity index (χ4v) is 3.59. The summed E-state index contributed by atoms with van der Waals surface area (Å²) in [7, 11) is 0. The normalized spacial score (nSPS) is 10.7. The Morgan fingerprint density at radius 3 is 2.50 bits per heavy atom. The third kappa shape index (κ3) is 2.57. The number of halogens is 3. The van der Waals surface area contributed by atoms with Crippen LogP contribution in [0, 0.1) is 6.92 Å². The third-order valence-electron chi connectivity index (χ3n) is 2.45. The maximum Gasteiger partial charge on any atom is 0.194 e. The van der Waals surface area contributed by atoms with Crippen molar-refractivity contribution in [1.82, 2.24) is 0 Å².